The number of carbonyl (C=O) groups is 6. The molecule has 0 spiro atoms. The first-order valence-electron chi connectivity index (χ1n) is 13.1. The topological polar surface area (TPSA) is 215 Å². The van der Waals surface area contributed by atoms with Crippen LogP contribution in [0.5, 0.6) is 5.75 Å². The van der Waals surface area contributed by atoms with Gasteiger partial charge in [-0.25, -0.2) is 14.4 Å². The highest BCUT2D eigenvalue weighted by molar-refractivity contribution is 6.47. The molecule has 2 fully saturated rings. The van der Waals surface area contributed by atoms with E-state index in [9.17, 15) is 47.3 Å². The second-order valence-electron chi connectivity index (χ2n) is 9.75. The summed E-state index contributed by atoms with van der Waals surface area (Å²) in [7, 11) is -1.51. The highest BCUT2D eigenvalue weighted by atomic mass is 19.4. The lowest BCUT2D eigenvalue weighted by molar-refractivity contribution is -0.192. The summed E-state index contributed by atoms with van der Waals surface area (Å²) in [4.78, 5) is 73.4. The number of likely N-dealkylation sites (N-methyl/N-ethyl adjacent to an activating group) is 1. The lowest BCUT2D eigenvalue weighted by Crippen LogP contribution is -2.63. The number of alkyl halides is 3. The Kier molecular flexibility index (Phi) is 10.6. The number of amides is 5. The maximum absolute atomic E-state index is 13.3. The Morgan fingerprint density at radius 2 is 1.84 bits per heavy atom. The number of para-hydroxylation sites is 1. The molecule has 1 aromatic carbocycles. The molecule has 0 bridgehead atoms. The van der Waals surface area contributed by atoms with E-state index < -0.39 is 61.0 Å². The minimum atomic E-state index is -5.08. The molecule has 0 aromatic heterocycles. The van der Waals surface area contributed by atoms with Crippen LogP contribution in [0.2, 0.25) is 0 Å². The van der Waals surface area contributed by atoms with Crippen molar-refractivity contribution in [3.63, 3.8) is 0 Å². The van der Waals surface area contributed by atoms with Crippen LogP contribution in [0.25, 0.3) is 0 Å². The summed E-state index contributed by atoms with van der Waals surface area (Å²) in [5.41, 5.74) is 0.410. The molecule has 15 nitrogen and oxygen atoms in total. The number of imide groups is 1. The van der Waals surface area contributed by atoms with Crippen LogP contribution in [-0.2, 0) is 25.6 Å². The van der Waals surface area contributed by atoms with Crippen LogP contribution in [0, 0.1) is 5.92 Å². The Morgan fingerprint density at radius 1 is 1.16 bits per heavy atom. The number of fused-ring (bicyclic) bond motifs is 1. The minimum absolute atomic E-state index is 0.0133. The van der Waals surface area contributed by atoms with Crippen molar-refractivity contribution in [1.82, 2.24) is 25.8 Å². The first-order valence-corrected chi connectivity index (χ1v) is 13.1. The van der Waals surface area contributed by atoms with Crippen molar-refractivity contribution in [2.75, 3.05) is 32.7 Å². The normalized spacial score (nSPS) is 20.7. The number of nitrogens with zero attached hydrogens (tertiary/aromatic N) is 2. The molecule has 2 saturated heterocycles. The molecule has 1 aromatic rings. The highest BCUT2D eigenvalue weighted by Crippen LogP contribution is 2.30. The number of carboxylic acids is 2. The number of piperazine rings is 1. The number of aromatic carboxylic acids is 1. The Labute approximate surface area is 242 Å². The molecule has 43 heavy (non-hydrogen) atoms. The van der Waals surface area contributed by atoms with Gasteiger partial charge in [-0.1, -0.05) is 12.1 Å². The van der Waals surface area contributed by atoms with Crippen molar-refractivity contribution < 1.29 is 61.8 Å². The van der Waals surface area contributed by atoms with E-state index >= 15 is 0 Å². The van der Waals surface area contributed by atoms with Crippen molar-refractivity contribution in [3.8, 4) is 5.75 Å². The fourth-order valence-electron chi connectivity index (χ4n) is 4.73. The standard InChI is InChI=1S/C22H28BN5O8.C2HF3O2/c1-2-27-8-9-28(20(31)19(27)30)22(34)26-16(13-6-7-24-11-13)18(29)25-15-10-12-4-3-5-14(21(32)33)17(12)36-23(15)35;3-2(4,5)1(6)7/h3-5,13,15-16,24,35H,2,6-11H2,1H3,(H,25,29)(H,26,34)(H,32,33);(H,6,7)/t13?,15-,16?;/m0./s1. The van der Waals surface area contributed by atoms with Crippen LogP contribution < -0.4 is 20.6 Å². The van der Waals surface area contributed by atoms with Crippen LogP contribution >= 0.6 is 0 Å². The zero-order valence-corrected chi connectivity index (χ0v) is 22.7. The summed E-state index contributed by atoms with van der Waals surface area (Å²) in [5.74, 6) is -7.42. The van der Waals surface area contributed by atoms with E-state index in [1.807, 2.05) is 0 Å². The third kappa shape index (κ3) is 7.92. The van der Waals surface area contributed by atoms with E-state index in [0.717, 1.165) is 4.90 Å². The largest absolute Gasteiger partial charge is 0.547 e. The van der Waals surface area contributed by atoms with Gasteiger partial charge >= 0.3 is 43.1 Å². The molecule has 3 aliphatic heterocycles. The van der Waals surface area contributed by atoms with Crippen LogP contribution in [-0.4, -0.2) is 119 Å². The lowest BCUT2D eigenvalue weighted by atomic mass is 9.72. The number of nitrogens with one attached hydrogen (secondary N) is 3. The molecule has 234 valence electrons. The van der Waals surface area contributed by atoms with Crippen molar-refractivity contribution in [2.24, 2.45) is 5.92 Å². The quantitative estimate of drug-likeness (QED) is 0.166. The molecule has 4 rings (SSSR count). The van der Waals surface area contributed by atoms with E-state index in [0.29, 0.717) is 31.6 Å². The Balaban J connectivity index is 0.000000646. The molecular weight excluding hydrogens is 586 g/mol. The number of carboxylic acid groups (broad SMARTS) is 2. The second kappa shape index (κ2) is 13.7. The van der Waals surface area contributed by atoms with Gasteiger partial charge in [0.15, 0.2) is 0 Å². The van der Waals surface area contributed by atoms with E-state index in [1.165, 1.54) is 11.0 Å². The zero-order chi connectivity index (χ0) is 32.1. The maximum atomic E-state index is 13.3. The monoisotopic (exact) mass is 615 g/mol. The third-order valence-corrected chi connectivity index (χ3v) is 6.99. The van der Waals surface area contributed by atoms with Crippen LogP contribution in [0.1, 0.15) is 29.3 Å². The highest BCUT2D eigenvalue weighted by Gasteiger charge is 2.42. The van der Waals surface area contributed by atoms with Gasteiger partial charge in [0.2, 0.25) is 5.91 Å². The third-order valence-electron chi connectivity index (χ3n) is 6.99. The molecule has 19 heteroatoms. The molecule has 3 aliphatic rings. The van der Waals surface area contributed by atoms with Gasteiger partial charge < -0.3 is 40.7 Å². The van der Waals surface area contributed by atoms with Gasteiger partial charge in [-0.05, 0) is 37.9 Å². The van der Waals surface area contributed by atoms with E-state index in [1.54, 1.807) is 19.1 Å². The van der Waals surface area contributed by atoms with E-state index in [-0.39, 0.29) is 36.7 Å². The molecule has 3 atom stereocenters. The number of benzene rings is 1. The van der Waals surface area contributed by atoms with Crippen molar-refractivity contribution in [2.45, 2.75) is 37.9 Å². The van der Waals surface area contributed by atoms with Crippen LogP contribution in [0.15, 0.2) is 18.2 Å². The first kappa shape index (κ1) is 33.1. The minimum Gasteiger partial charge on any atom is -0.534 e. The smallest absolute Gasteiger partial charge is 0.534 e. The number of hydrogen-bond donors (Lipinski definition) is 6. The molecule has 0 saturated carbocycles. The summed E-state index contributed by atoms with van der Waals surface area (Å²) >= 11 is 0. The van der Waals surface area contributed by atoms with Gasteiger partial charge in [-0.3, -0.25) is 19.3 Å². The molecule has 6 N–H and O–H groups in total. The summed E-state index contributed by atoms with van der Waals surface area (Å²) in [5, 5.41) is 35.4. The molecule has 3 heterocycles. The lowest BCUT2D eigenvalue weighted by Gasteiger charge is -2.34. The molecule has 0 aliphatic carbocycles. The average molecular weight is 615 g/mol. The maximum Gasteiger partial charge on any atom is 0.547 e. The van der Waals surface area contributed by atoms with Gasteiger partial charge in [0.1, 0.15) is 11.8 Å². The van der Waals surface area contributed by atoms with E-state index in [4.69, 9.17) is 14.6 Å². The number of hydrogen-bond acceptors (Lipinski definition) is 9. The van der Waals surface area contributed by atoms with Crippen molar-refractivity contribution >= 4 is 42.8 Å². The number of urea groups is 1. The van der Waals surface area contributed by atoms with Crippen molar-refractivity contribution in [1.29, 1.82) is 0 Å². The first-order chi connectivity index (χ1) is 20.1. The second-order valence-corrected chi connectivity index (χ2v) is 9.75. The SMILES string of the molecule is CCN1CCN(C(=O)NC(C(=O)N[C@H]2Cc3cccc(C(=O)O)c3OB2O)C2CCNC2)C(=O)C1=O.O=C(O)C(F)(F)F. The fraction of sp³-hybridized carbons (Fsp3) is 0.500. The van der Waals surface area contributed by atoms with Gasteiger partial charge in [0.25, 0.3) is 0 Å². The number of halogens is 3. The Morgan fingerprint density at radius 3 is 2.40 bits per heavy atom. The summed E-state index contributed by atoms with van der Waals surface area (Å²) < 4.78 is 37.2. The van der Waals surface area contributed by atoms with Crippen LogP contribution in [0.4, 0.5) is 18.0 Å². The average Bonchev–Trinajstić information content (AvgIpc) is 3.47. The number of aliphatic carboxylic acids is 1. The predicted octanol–water partition coefficient (Wildman–Crippen LogP) is -1.16. The molecule has 5 amide bonds. The summed E-state index contributed by atoms with van der Waals surface area (Å²) in [6.45, 7) is 3.39. The number of rotatable bonds is 6. The molecule has 0 radical (unpaired) electrons. The van der Waals surface area contributed by atoms with Gasteiger partial charge in [0, 0.05) is 32.1 Å². The van der Waals surface area contributed by atoms with Gasteiger partial charge in [0.05, 0.1) is 11.5 Å². The Bertz CT molecular complexity index is 1280. The zero-order valence-electron chi connectivity index (χ0n) is 22.7. The predicted molar refractivity (Wildman–Crippen MR) is 139 cm³/mol. The molecular formula is C24H29BF3N5O10. The van der Waals surface area contributed by atoms with E-state index in [2.05, 4.69) is 16.0 Å². The van der Waals surface area contributed by atoms with Gasteiger partial charge in [-0.15, -0.1) is 0 Å². The summed E-state index contributed by atoms with van der Waals surface area (Å²) in [6.07, 6.45) is -4.39. The molecule has 2 unspecified atom stereocenters. The fourth-order valence-corrected chi connectivity index (χ4v) is 4.73. The van der Waals surface area contributed by atoms with Crippen molar-refractivity contribution in [3.05, 3.63) is 29.3 Å². The Hall–Kier alpha value is -4.39. The number of carbonyl (C=O) groups excluding carboxylic acids is 4. The van der Waals surface area contributed by atoms with Crippen LogP contribution in [0.3, 0.4) is 0 Å². The summed E-state index contributed by atoms with van der Waals surface area (Å²) in [6, 6.07) is 2.67. The van der Waals surface area contributed by atoms with Gasteiger partial charge in [-0.2, -0.15) is 13.2 Å².